The highest BCUT2D eigenvalue weighted by molar-refractivity contribution is 6.23. The molecule has 0 atom stereocenters. The quantitative estimate of drug-likeness (QED) is 0.169. The molecule has 0 N–H and O–H groups in total. The molecule has 0 saturated heterocycles. The van der Waals surface area contributed by atoms with E-state index >= 15 is 0 Å². The molecule has 0 aromatic heterocycles. The lowest BCUT2D eigenvalue weighted by Crippen LogP contribution is -1.93. The molecule has 0 spiro atoms. The summed E-state index contributed by atoms with van der Waals surface area (Å²) in [5.41, 5.74) is 9.88. The summed E-state index contributed by atoms with van der Waals surface area (Å²) in [4.78, 5) is 0. The second-order valence-electron chi connectivity index (χ2n) is 13.3. The minimum absolute atomic E-state index is 1.22. The number of benzene rings is 10. The summed E-state index contributed by atoms with van der Waals surface area (Å²) in [5, 5.41) is 12.5. The Morgan fingerprint density at radius 1 is 0.180 bits per heavy atom. The molecule has 0 saturated carbocycles. The molecule has 10 rings (SSSR count). The minimum Gasteiger partial charge on any atom is -0.0622 e. The van der Waals surface area contributed by atoms with Crippen LogP contribution in [0.5, 0.6) is 0 Å². The molecule has 0 aliphatic carbocycles. The van der Waals surface area contributed by atoms with Crippen molar-refractivity contribution in [3.8, 4) is 44.5 Å². The second kappa shape index (κ2) is 11.6. The molecule has 0 radical (unpaired) electrons. The Kier molecular flexibility index (Phi) is 6.60. The predicted octanol–water partition coefficient (Wildman–Crippen LogP) is 14.1. The number of hydrogen-bond donors (Lipinski definition) is 0. The SMILES string of the molecule is c1ccc(-c2ccc3c(-c4ccc5ccccc5c4)c4cc(-c5ccc6ccccc6c5)ccc4c(-c4ccc5ccccc5c4)c3c2)cc1. The van der Waals surface area contributed by atoms with Crippen LogP contribution < -0.4 is 0 Å². The number of hydrogen-bond acceptors (Lipinski definition) is 0. The van der Waals surface area contributed by atoms with Crippen LogP contribution in [0.2, 0.25) is 0 Å². The second-order valence-corrected chi connectivity index (χ2v) is 13.3. The molecule has 0 amide bonds. The fourth-order valence-electron chi connectivity index (χ4n) is 7.90. The van der Waals surface area contributed by atoms with E-state index in [9.17, 15) is 0 Å². The Morgan fingerprint density at radius 3 is 1.00 bits per heavy atom. The van der Waals surface area contributed by atoms with Gasteiger partial charge in [0.1, 0.15) is 0 Å². The van der Waals surface area contributed by atoms with E-state index in [4.69, 9.17) is 0 Å². The first kappa shape index (κ1) is 28.5. The summed E-state index contributed by atoms with van der Waals surface area (Å²) in [5.74, 6) is 0. The zero-order chi connectivity index (χ0) is 33.0. The smallest absolute Gasteiger partial charge is 0.00259 e. The van der Waals surface area contributed by atoms with Gasteiger partial charge in [0, 0.05) is 0 Å². The summed E-state index contributed by atoms with van der Waals surface area (Å²) >= 11 is 0. The van der Waals surface area contributed by atoms with Crippen LogP contribution in [0.25, 0.3) is 98.4 Å². The van der Waals surface area contributed by atoms with E-state index in [-0.39, 0.29) is 0 Å². The van der Waals surface area contributed by atoms with Crippen LogP contribution in [-0.4, -0.2) is 0 Å². The van der Waals surface area contributed by atoms with E-state index in [1.54, 1.807) is 0 Å². The van der Waals surface area contributed by atoms with Crippen molar-refractivity contribution in [2.45, 2.75) is 0 Å². The van der Waals surface area contributed by atoms with Crippen LogP contribution in [0, 0.1) is 0 Å². The normalized spacial score (nSPS) is 11.6. The van der Waals surface area contributed by atoms with Crippen LogP contribution in [0.3, 0.4) is 0 Å². The van der Waals surface area contributed by atoms with Crippen LogP contribution in [0.4, 0.5) is 0 Å². The Hall–Kier alpha value is -6.50. The topological polar surface area (TPSA) is 0 Å². The number of rotatable bonds is 4. The average Bonchev–Trinajstić information content (AvgIpc) is 3.19. The van der Waals surface area contributed by atoms with Gasteiger partial charge in [-0.25, -0.2) is 0 Å². The van der Waals surface area contributed by atoms with Gasteiger partial charge in [0.15, 0.2) is 0 Å². The van der Waals surface area contributed by atoms with Crippen molar-refractivity contribution in [2.75, 3.05) is 0 Å². The highest BCUT2D eigenvalue weighted by atomic mass is 14.2. The zero-order valence-corrected chi connectivity index (χ0v) is 27.5. The summed E-state index contributed by atoms with van der Waals surface area (Å²) in [6, 6.07) is 71.6. The van der Waals surface area contributed by atoms with E-state index in [1.165, 1.54) is 98.4 Å². The Balaban J connectivity index is 1.34. The molecular formula is C50H32. The monoisotopic (exact) mass is 632 g/mol. The average molecular weight is 633 g/mol. The first-order valence-corrected chi connectivity index (χ1v) is 17.3. The van der Waals surface area contributed by atoms with Gasteiger partial charge in [-0.2, -0.15) is 0 Å². The molecule has 0 aliphatic rings. The maximum Gasteiger partial charge on any atom is -0.00259 e. The number of fused-ring (bicyclic) bond motifs is 5. The van der Waals surface area contributed by atoms with Gasteiger partial charge in [-0.05, 0) is 129 Å². The fraction of sp³-hybridized carbons (Fsp3) is 0. The minimum atomic E-state index is 1.22. The van der Waals surface area contributed by atoms with Crippen molar-refractivity contribution >= 4 is 53.9 Å². The van der Waals surface area contributed by atoms with Gasteiger partial charge in [-0.3, -0.25) is 0 Å². The molecule has 0 aliphatic heterocycles. The third-order valence-electron chi connectivity index (χ3n) is 10.4. The molecule has 232 valence electrons. The molecule has 0 fully saturated rings. The van der Waals surface area contributed by atoms with Gasteiger partial charge in [-0.15, -0.1) is 0 Å². The van der Waals surface area contributed by atoms with E-state index in [2.05, 4.69) is 194 Å². The van der Waals surface area contributed by atoms with E-state index in [1.807, 2.05) is 0 Å². The molecule has 0 heteroatoms. The Bertz CT molecular complexity index is 2910. The van der Waals surface area contributed by atoms with Crippen LogP contribution in [-0.2, 0) is 0 Å². The molecule has 10 aromatic rings. The molecule has 50 heavy (non-hydrogen) atoms. The van der Waals surface area contributed by atoms with Crippen LogP contribution in [0.15, 0.2) is 194 Å². The van der Waals surface area contributed by atoms with Crippen LogP contribution >= 0.6 is 0 Å². The molecular weight excluding hydrogens is 601 g/mol. The zero-order valence-electron chi connectivity index (χ0n) is 27.5. The van der Waals surface area contributed by atoms with Crippen molar-refractivity contribution in [1.82, 2.24) is 0 Å². The first-order valence-electron chi connectivity index (χ1n) is 17.3. The Labute approximate surface area is 291 Å². The highest BCUT2D eigenvalue weighted by Gasteiger charge is 2.19. The van der Waals surface area contributed by atoms with Crippen molar-refractivity contribution in [2.24, 2.45) is 0 Å². The summed E-state index contributed by atoms with van der Waals surface area (Å²) in [6.07, 6.45) is 0. The summed E-state index contributed by atoms with van der Waals surface area (Å²) in [6.45, 7) is 0. The summed E-state index contributed by atoms with van der Waals surface area (Å²) in [7, 11) is 0. The highest BCUT2D eigenvalue weighted by Crippen LogP contribution is 2.47. The lowest BCUT2D eigenvalue weighted by atomic mass is 9.83. The van der Waals surface area contributed by atoms with Gasteiger partial charge < -0.3 is 0 Å². The van der Waals surface area contributed by atoms with Crippen molar-refractivity contribution in [3.63, 3.8) is 0 Å². The third kappa shape index (κ3) is 4.77. The fourth-order valence-corrected chi connectivity index (χ4v) is 7.90. The molecule has 0 nitrogen and oxygen atoms in total. The third-order valence-corrected chi connectivity index (χ3v) is 10.4. The predicted molar refractivity (Wildman–Crippen MR) is 216 cm³/mol. The standard InChI is InChI=1S/C50H32/c1-2-10-33(11-3-1)41-24-26-45-47(31-41)49(43-22-19-35-13-5-8-16-38(35)29-43)46-27-25-42(40-21-18-34-12-4-7-15-37(34)28-40)32-48(46)50(45)44-23-20-36-14-6-9-17-39(36)30-44/h1-32H. The van der Waals surface area contributed by atoms with Gasteiger partial charge in [-0.1, -0.05) is 164 Å². The first-order chi connectivity index (χ1) is 24.8. The summed E-state index contributed by atoms with van der Waals surface area (Å²) < 4.78 is 0. The van der Waals surface area contributed by atoms with E-state index in [0.717, 1.165) is 0 Å². The van der Waals surface area contributed by atoms with Gasteiger partial charge in [0.05, 0.1) is 0 Å². The van der Waals surface area contributed by atoms with Gasteiger partial charge in [0.25, 0.3) is 0 Å². The van der Waals surface area contributed by atoms with Crippen molar-refractivity contribution in [3.05, 3.63) is 194 Å². The Morgan fingerprint density at radius 2 is 0.520 bits per heavy atom. The van der Waals surface area contributed by atoms with Crippen LogP contribution in [0.1, 0.15) is 0 Å². The molecule has 0 heterocycles. The molecule has 0 unspecified atom stereocenters. The maximum atomic E-state index is 2.43. The molecule has 10 aromatic carbocycles. The van der Waals surface area contributed by atoms with E-state index in [0.29, 0.717) is 0 Å². The van der Waals surface area contributed by atoms with Crippen molar-refractivity contribution < 1.29 is 0 Å². The molecule has 0 bridgehead atoms. The largest absolute Gasteiger partial charge is 0.0622 e. The maximum absolute atomic E-state index is 2.43. The lowest BCUT2D eigenvalue weighted by molar-refractivity contribution is 1.63. The van der Waals surface area contributed by atoms with Crippen molar-refractivity contribution in [1.29, 1.82) is 0 Å². The van der Waals surface area contributed by atoms with Gasteiger partial charge in [0.2, 0.25) is 0 Å². The lowest BCUT2D eigenvalue weighted by Gasteiger charge is -2.20. The van der Waals surface area contributed by atoms with Gasteiger partial charge >= 0.3 is 0 Å². The van der Waals surface area contributed by atoms with E-state index < -0.39 is 0 Å².